The van der Waals surface area contributed by atoms with E-state index in [4.69, 9.17) is 0 Å². The molecule has 92 valence electrons. The van der Waals surface area contributed by atoms with Crippen molar-refractivity contribution in [1.29, 1.82) is 0 Å². The molecule has 2 rings (SSSR count). The summed E-state index contributed by atoms with van der Waals surface area (Å²) in [5, 5.41) is 3.54. The maximum absolute atomic E-state index is 11.3. The zero-order valence-electron chi connectivity index (χ0n) is 10.2. The zero-order chi connectivity index (χ0) is 11.4. The highest BCUT2D eigenvalue weighted by Gasteiger charge is 2.21. The van der Waals surface area contributed by atoms with E-state index in [0.29, 0.717) is 6.04 Å². The molecule has 4 heteroatoms. The fourth-order valence-electron chi connectivity index (χ4n) is 2.69. The number of nitrogens with zero attached hydrogens (tertiary/aromatic N) is 2. The van der Waals surface area contributed by atoms with Gasteiger partial charge in [-0.1, -0.05) is 0 Å². The van der Waals surface area contributed by atoms with E-state index in [0.717, 1.165) is 39.1 Å². The molecule has 1 amide bonds. The molecule has 4 nitrogen and oxygen atoms in total. The average molecular weight is 225 g/mol. The second kappa shape index (κ2) is 5.64. The first-order chi connectivity index (χ1) is 7.75. The molecule has 1 N–H and O–H groups in total. The first-order valence-electron chi connectivity index (χ1n) is 6.47. The van der Waals surface area contributed by atoms with Gasteiger partial charge in [-0.15, -0.1) is 0 Å². The van der Waals surface area contributed by atoms with Gasteiger partial charge in [0.1, 0.15) is 0 Å². The smallest absolute Gasteiger partial charge is 0.219 e. The number of hydrogen-bond acceptors (Lipinski definition) is 3. The highest BCUT2D eigenvalue weighted by Crippen LogP contribution is 2.09. The van der Waals surface area contributed by atoms with Gasteiger partial charge < -0.3 is 10.2 Å². The predicted molar refractivity (Wildman–Crippen MR) is 64.3 cm³/mol. The van der Waals surface area contributed by atoms with Crippen molar-refractivity contribution < 1.29 is 4.79 Å². The SMILES string of the molecule is CC(=O)N1CCCN(C[C@@H]2CCCN2)CC1. The van der Waals surface area contributed by atoms with Crippen LogP contribution in [0, 0.1) is 0 Å². The molecule has 2 aliphatic rings. The Morgan fingerprint density at radius 2 is 2.12 bits per heavy atom. The van der Waals surface area contributed by atoms with Crippen LogP contribution in [0.2, 0.25) is 0 Å². The number of nitrogens with one attached hydrogen (secondary N) is 1. The zero-order valence-corrected chi connectivity index (χ0v) is 10.2. The lowest BCUT2D eigenvalue weighted by atomic mass is 10.2. The summed E-state index contributed by atoms with van der Waals surface area (Å²) in [5.41, 5.74) is 0. The summed E-state index contributed by atoms with van der Waals surface area (Å²) in [6.07, 6.45) is 3.75. The van der Waals surface area contributed by atoms with Gasteiger partial charge in [-0.05, 0) is 32.4 Å². The number of amides is 1. The summed E-state index contributed by atoms with van der Waals surface area (Å²) >= 11 is 0. The Kier molecular flexibility index (Phi) is 4.18. The van der Waals surface area contributed by atoms with Crippen LogP contribution in [0.15, 0.2) is 0 Å². The minimum Gasteiger partial charge on any atom is -0.342 e. The van der Waals surface area contributed by atoms with Crippen LogP contribution in [-0.4, -0.2) is 61.0 Å². The number of carbonyl (C=O) groups excluding carboxylic acids is 1. The minimum absolute atomic E-state index is 0.223. The van der Waals surface area contributed by atoms with E-state index < -0.39 is 0 Å². The molecule has 0 aliphatic carbocycles. The molecule has 0 unspecified atom stereocenters. The van der Waals surface area contributed by atoms with Crippen LogP contribution in [0.1, 0.15) is 26.2 Å². The van der Waals surface area contributed by atoms with E-state index in [1.807, 2.05) is 4.90 Å². The van der Waals surface area contributed by atoms with Crippen molar-refractivity contribution in [1.82, 2.24) is 15.1 Å². The van der Waals surface area contributed by atoms with Gasteiger partial charge in [0.05, 0.1) is 0 Å². The predicted octanol–water partition coefficient (Wildman–Crippen LogP) is 0.293. The van der Waals surface area contributed by atoms with Crippen LogP contribution in [0.4, 0.5) is 0 Å². The lowest BCUT2D eigenvalue weighted by Gasteiger charge is -2.24. The fourth-order valence-corrected chi connectivity index (χ4v) is 2.69. The lowest BCUT2D eigenvalue weighted by Crippen LogP contribution is -2.40. The van der Waals surface area contributed by atoms with E-state index in [9.17, 15) is 4.79 Å². The van der Waals surface area contributed by atoms with E-state index in [2.05, 4.69) is 10.2 Å². The Morgan fingerprint density at radius 1 is 1.25 bits per heavy atom. The summed E-state index contributed by atoms with van der Waals surface area (Å²) in [7, 11) is 0. The molecule has 0 saturated carbocycles. The van der Waals surface area contributed by atoms with Gasteiger partial charge in [-0.25, -0.2) is 0 Å². The molecule has 2 fully saturated rings. The van der Waals surface area contributed by atoms with Crippen molar-refractivity contribution in [2.75, 3.05) is 39.3 Å². The highest BCUT2D eigenvalue weighted by molar-refractivity contribution is 5.73. The van der Waals surface area contributed by atoms with Gasteiger partial charge in [0.2, 0.25) is 5.91 Å². The molecule has 0 spiro atoms. The molecule has 0 aromatic carbocycles. The van der Waals surface area contributed by atoms with E-state index in [-0.39, 0.29) is 5.91 Å². The van der Waals surface area contributed by atoms with Crippen LogP contribution in [0.5, 0.6) is 0 Å². The molecule has 0 aromatic rings. The van der Waals surface area contributed by atoms with Crippen LogP contribution in [0.25, 0.3) is 0 Å². The molecular formula is C12H23N3O. The number of carbonyl (C=O) groups is 1. The first-order valence-corrected chi connectivity index (χ1v) is 6.47. The Morgan fingerprint density at radius 3 is 2.81 bits per heavy atom. The Bertz CT molecular complexity index is 238. The molecule has 16 heavy (non-hydrogen) atoms. The highest BCUT2D eigenvalue weighted by atomic mass is 16.2. The Hall–Kier alpha value is -0.610. The summed E-state index contributed by atoms with van der Waals surface area (Å²) in [6.45, 7) is 8.03. The summed E-state index contributed by atoms with van der Waals surface area (Å²) < 4.78 is 0. The van der Waals surface area contributed by atoms with Gasteiger partial charge >= 0.3 is 0 Å². The van der Waals surface area contributed by atoms with Crippen LogP contribution >= 0.6 is 0 Å². The number of hydrogen-bond donors (Lipinski definition) is 1. The van der Waals surface area contributed by atoms with Gasteiger partial charge in [-0.3, -0.25) is 9.69 Å². The van der Waals surface area contributed by atoms with Crippen LogP contribution < -0.4 is 5.32 Å². The molecular weight excluding hydrogens is 202 g/mol. The summed E-state index contributed by atoms with van der Waals surface area (Å²) in [5.74, 6) is 0.223. The number of rotatable bonds is 2. The monoisotopic (exact) mass is 225 g/mol. The lowest BCUT2D eigenvalue weighted by molar-refractivity contribution is -0.128. The molecule has 0 bridgehead atoms. The molecule has 1 atom stereocenters. The van der Waals surface area contributed by atoms with Crippen LogP contribution in [0.3, 0.4) is 0 Å². The van der Waals surface area contributed by atoms with E-state index >= 15 is 0 Å². The van der Waals surface area contributed by atoms with Crippen molar-refractivity contribution in [2.24, 2.45) is 0 Å². The Balaban J connectivity index is 1.77. The Labute approximate surface area is 98.0 Å². The molecule has 0 aromatic heterocycles. The fraction of sp³-hybridized carbons (Fsp3) is 0.917. The third-order valence-corrected chi connectivity index (χ3v) is 3.67. The third-order valence-electron chi connectivity index (χ3n) is 3.67. The molecule has 2 heterocycles. The largest absolute Gasteiger partial charge is 0.342 e. The van der Waals surface area contributed by atoms with E-state index in [1.54, 1.807) is 6.92 Å². The maximum atomic E-state index is 11.3. The van der Waals surface area contributed by atoms with E-state index in [1.165, 1.54) is 19.4 Å². The second-order valence-corrected chi connectivity index (χ2v) is 4.95. The summed E-state index contributed by atoms with van der Waals surface area (Å²) in [4.78, 5) is 15.8. The normalized spacial score (nSPS) is 28.1. The van der Waals surface area contributed by atoms with Gasteiger partial charge in [0.15, 0.2) is 0 Å². The van der Waals surface area contributed by atoms with Crippen molar-refractivity contribution in [3.05, 3.63) is 0 Å². The van der Waals surface area contributed by atoms with Crippen molar-refractivity contribution >= 4 is 5.91 Å². The standard InChI is InChI=1S/C12H23N3O/c1-11(16)15-7-3-6-14(8-9-15)10-12-4-2-5-13-12/h12-13H,2-10H2,1H3/t12-/m0/s1. The van der Waals surface area contributed by atoms with Crippen molar-refractivity contribution in [3.63, 3.8) is 0 Å². The summed E-state index contributed by atoms with van der Waals surface area (Å²) in [6, 6.07) is 0.684. The first kappa shape index (κ1) is 11.9. The van der Waals surface area contributed by atoms with Crippen molar-refractivity contribution in [3.8, 4) is 0 Å². The third kappa shape index (κ3) is 3.19. The van der Waals surface area contributed by atoms with Gasteiger partial charge in [0.25, 0.3) is 0 Å². The van der Waals surface area contributed by atoms with Crippen LogP contribution in [-0.2, 0) is 4.79 Å². The van der Waals surface area contributed by atoms with Gasteiger partial charge in [0, 0.05) is 39.1 Å². The van der Waals surface area contributed by atoms with Crippen molar-refractivity contribution in [2.45, 2.75) is 32.2 Å². The molecule has 2 saturated heterocycles. The quantitative estimate of drug-likeness (QED) is 0.734. The molecule has 2 aliphatic heterocycles. The van der Waals surface area contributed by atoms with Gasteiger partial charge in [-0.2, -0.15) is 0 Å². The molecule has 0 radical (unpaired) electrons. The topological polar surface area (TPSA) is 35.6 Å². The minimum atomic E-state index is 0.223. The second-order valence-electron chi connectivity index (χ2n) is 4.95. The average Bonchev–Trinajstić information content (AvgIpc) is 2.63. The maximum Gasteiger partial charge on any atom is 0.219 e.